The number of hydrogen-bond acceptors (Lipinski definition) is 5. The minimum atomic E-state index is -0.170. The van der Waals surface area contributed by atoms with E-state index in [-0.39, 0.29) is 17.4 Å². The number of carbonyl (C=O) groups is 1. The van der Waals surface area contributed by atoms with E-state index < -0.39 is 0 Å². The lowest BCUT2D eigenvalue weighted by molar-refractivity contribution is 0.0788. The molecule has 3 heterocycles. The van der Waals surface area contributed by atoms with Gasteiger partial charge in [0.1, 0.15) is 5.76 Å². The maximum Gasteiger partial charge on any atom is 0.257 e. The maximum atomic E-state index is 12.7. The monoisotopic (exact) mass is 330 g/mol. The molecule has 1 saturated heterocycles. The van der Waals surface area contributed by atoms with Crippen molar-refractivity contribution >= 4 is 11.9 Å². The van der Waals surface area contributed by atoms with E-state index in [9.17, 15) is 9.59 Å². The van der Waals surface area contributed by atoms with Gasteiger partial charge < -0.3 is 14.2 Å². The van der Waals surface area contributed by atoms with Crippen LogP contribution < -0.4 is 10.5 Å². The lowest BCUT2D eigenvalue weighted by Crippen LogP contribution is -2.29. The zero-order valence-corrected chi connectivity index (χ0v) is 14.2. The Hall–Kier alpha value is -2.57. The van der Waals surface area contributed by atoms with Gasteiger partial charge in [-0.2, -0.15) is 0 Å². The summed E-state index contributed by atoms with van der Waals surface area (Å²) in [6, 6.07) is 3.26. The number of nitrogens with one attached hydrogen (secondary N) is 1. The highest BCUT2D eigenvalue weighted by Crippen LogP contribution is 2.27. The molecular formula is C17H22N4O3. The molecule has 24 heavy (non-hydrogen) atoms. The third kappa shape index (κ3) is 3.06. The van der Waals surface area contributed by atoms with Crippen LogP contribution in [0.5, 0.6) is 0 Å². The molecule has 1 aliphatic heterocycles. The summed E-state index contributed by atoms with van der Waals surface area (Å²) >= 11 is 0. The fraction of sp³-hybridized carbons (Fsp3) is 0.471. The van der Waals surface area contributed by atoms with E-state index in [0.717, 1.165) is 12.1 Å². The van der Waals surface area contributed by atoms with Gasteiger partial charge in [0.25, 0.3) is 11.5 Å². The van der Waals surface area contributed by atoms with Gasteiger partial charge in [-0.1, -0.05) is 6.92 Å². The third-order valence-electron chi connectivity index (χ3n) is 4.36. The van der Waals surface area contributed by atoms with E-state index in [0.29, 0.717) is 36.8 Å². The molecule has 0 bridgehead atoms. The zero-order chi connectivity index (χ0) is 17.3. The first-order chi connectivity index (χ1) is 11.5. The Balaban J connectivity index is 1.78. The standard InChI is InChI=1S/C17H22N4O3/c1-4-14-12(6-8-24-14)16(23)21-7-5-11(10-21)13-9-15(22)19-17(18-13)20(2)3/h6,8-9,11H,4-5,7,10H2,1-3H3,(H,18,19,22). The molecule has 2 aromatic rings. The molecule has 1 aliphatic rings. The smallest absolute Gasteiger partial charge is 0.257 e. The first-order valence-corrected chi connectivity index (χ1v) is 8.13. The summed E-state index contributed by atoms with van der Waals surface area (Å²) in [4.78, 5) is 35.3. The normalized spacial score (nSPS) is 17.3. The number of hydrogen-bond donors (Lipinski definition) is 1. The van der Waals surface area contributed by atoms with E-state index in [1.807, 2.05) is 25.9 Å². The van der Waals surface area contributed by atoms with E-state index in [1.165, 1.54) is 6.07 Å². The second kappa shape index (κ2) is 6.51. The number of likely N-dealkylation sites (tertiary alicyclic amines) is 1. The predicted molar refractivity (Wildman–Crippen MR) is 90.5 cm³/mol. The summed E-state index contributed by atoms with van der Waals surface area (Å²) in [5, 5.41) is 0. The van der Waals surface area contributed by atoms with Crippen LogP contribution >= 0.6 is 0 Å². The molecule has 7 nitrogen and oxygen atoms in total. The van der Waals surface area contributed by atoms with Gasteiger partial charge in [-0.3, -0.25) is 14.6 Å². The van der Waals surface area contributed by atoms with Crippen molar-refractivity contribution in [1.82, 2.24) is 14.9 Å². The zero-order valence-electron chi connectivity index (χ0n) is 14.2. The van der Waals surface area contributed by atoms with Crippen LogP contribution in [0, 0.1) is 0 Å². The highest BCUT2D eigenvalue weighted by atomic mass is 16.3. The van der Waals surface area contributed by atoms with Gasteiger partial charge in [0, 0.05) is 45.6 Å². The van der Waals surface area contributed by atoms with E-state index in [1.54, 1.807) is 17.2 Å². The molecule has 128 valence electrons. The molecule has 0 aromatic carbocycles. The number of aromatic amines is 1. The lowest BCUT2D eigenvalue weighted by Gasteiger charge is -2.17. The summed E-state index contributed by atoms with van der Waals surface area (Å²) in [5.74, 6) is 1.31. The number of rotatable bonds is 4. The Bertz CT molecular complexity index is 793. The van der Waals surface area contributed by atoms with Gasteiger partial charge >= 0.3 is 0 Å². The molecule has 0 saturated carbocycles. The van der Waals surface area contributed by atoms with Crippen LogP contribution in [-0.4, -0.2) is 48.0 Å². The van der Waals surface area contributed by atoms with Crippen LogP contribution in [0.4, 0.5) is 5.95 Å². The summed E-state index contributed by atoms with van der Waals surface area (Å²) < 4.78 is 5.35. The quantitative estimate of drug-likeness (QED) is 0.921. The van der Waals surface area contributed by atoms with E-state index >= 15 is 0 Å². The van der Waals surface area contributed by atoms with Gasteiger partial charge in [-0.25, -0.2) is 4.98 Å². The summed E-state index contributed by atoms with van der Waals surface area (Å²) in [6.45, 7) is 3.19. The fourth-order valence-corrected chi connectivity index (χ4v) is 3.05. The van der Waals surface area contributed by atoms with Crippen LogP contribution in [0.1, 0.15) is 41.1 Å². The number of H-pyrrole nitrogens is 1. The molecule has 3 rings (SSSR count). The van der Waals surface area contributed by atoms with Crippen LogP contribution in [0.25, 0.3) is 0 Å². The van der Waals surface area contributed by atoms with Crippen molar-refractivity contribution in [3.8, 4) is 0 Å². The molecule has 0 radical (unpaired) electrons. The van der Waals surface area contributed by atoms with Crippen molar-refractivity contribution in [1.29, 1.82) is 0 Å². The Morgan fingerprint density at radius 1 is 1.50 bits per heavy atom. The van der Waals surface area contributed by atoms with Crippen molar-refractivity contribution in [3.63, 3.8) is 0 Å². The Labute approximate surface area is 140 Å². The minimum absolute atomic E-state index is 0.0132. The Kier molecular flexibility index (Phi) is 4.42. The van der Waals surface area contributed by atoms with E-state index in [2.05, 4.69) is 9.97 Å². The molecule has 1 atom stereocenters. The molecule has 7 heteroatoms. The van der Waals surface area contributed by atoms with Crippen molar-refractivity contribution in [2.24, 2.45) is 0 Å². The lowest BCUT2D eigenvalue weighted by atomic mass is 10.0. The summed E-state index contributed by atoms with van der Waals surface area (Å²) in [5.41, 5.74) is 1.20. The first-order valence-electron chi connectivity index (χ1n) is 8.13. The first kappa shape index (κ1) is 16.3. The SMILES string of the molecule is CCc1occc1C(=O)N1CCC(c2cc(=O)[nH]c(N(C)C)n2)C1. The molecule has 1 N–H and O–H groups in total. The molecule has 1 unspecified atom stereocenters. The van der Waals surface area contributed by atoms with Gasteiger partial charge in [-0.15, -0.1) is 0 Å². The number of amides is 1. The van der Waals surface area contributed by atoms with Crippen molar-refractivity contribution in [2.45, 2.75) is 25.7 Å². The summed E-state index contributed by atoms with van der Waals surface area (Å²) in [6.07, 6.45) is 3.04. The number of anilines is 1. The molecule has 1 fully saturated rings. The molecule has 0 spiro atoms. The van der Waals surface area contributed by atoms with Crippen molar-refractivity contribution < 1.29 is 9.21 Å². The number of aromatic nitrogens is 2. The van der Waals surface area contributed by atoms with Crippen molar-refractivity contribution in [3.05, 3.63) is 45.8 Å². The largest absolute Gasteiger partial charge is 0.469 e. The number of carbonyl (C=O) groups excluding carboxylic acids is 1. The fourth-order valence-electron chi connectivity index (χ4n) is 3.05. The predicted octanol–water partition coefficient (Wildman–Crippen LogP) is 1.62. The van der Waals surface area contributed by atoms with E-state index in [4.69, 9.17) is 4.42 Å². The molecule has 1 amide bonds. The minimum Gasteiger partial charge on any atom is -0.469 e. The molecular weight excluding hydrogens is 308 g/mol. The second-order valence-corrected chi connectivity index (χ2v) is 6.24. The van der Waals surface area contributed by atoms with Gasteiger partial charge in [0.15, 0.2) is 0 Å². The van der Waals surface area contributed by atoms with Crippen LogP contribution in [0.3, 0.4) is 0 Å². The summed E-state index contributed by atoms with van der Waals surface area (Å²) in [7, 11) is 3.66. The maximum absolute atomic E-state index is 12.7. The molecule has 2 aromatic heterocycles. The van der Waals surface area contributed by atoms with Crippen LogP contribution in [0.2, 0.25) is 0 Å². The molecule has 0 aliphatic carbocycles. The highest BCUT2D eigenvalue weighted by molar-refractivity contribution is 5.95. The number of furan rings is 1. The highest BCUT2D eigenvalue weighted by Gasteiger charge is 2.30. The van der Waals surface area contributed by atoms with Crippen LogP contribution in [-0.2, 0) is 6.42 Å². The second-order valence-electron chi connectivity index (χ2n) is 6.24. The van der Waals surface area contributed by atoms with Crippen LogP contribution in [0.15, 0.2) is 27.6 Å². The van der Waals surface area contributed by atoms with Crippen molar-refractivity contribution in [2.75, 3.05) is 32.1 Å². The number of aryl methyl sites for hydroxylation is 1. The third-order valence-corrected chi connectivity index (χ3v) is 4.36. The number of nitrogens with zero attached hydrogens (tertiary/aromatic N) is 3. The van der Waals surface area contributed by atoms with Gasteiger partial charge in [0.2, 0.25) is 5.95 Å². The Morgan fingerprint density at radius 2 is 2.29 bits per heavy atom. The van der Waals surface area contributed by atoms with Gasteiger partial charge in [0.05, 0.1) is 17.5 Å². The average molecular weight is 330 g/mol. The average Bonchev–Trinajstić information content (AvgIpc) is 3.22. The Morgan fingerprint density at radius 3 is 3.00 bits per heavy atom. The topological polar surface area (TPSA) is 82.4 Å². The van der Waals surface area contributed by atoms with Gasteiger partial charge in [-0.05, 0) is 12.5 Å².